The van der Waals surface area contributed by atoms with E-state index in [4.69, 9.17) is 0 Å². The molecule has 0 aliphatic rings. The van der Waals surface area contributed by atoms with Gasteiger partial charge in [-0.25, -0.2) is 4.79 Å². The number of nitrogens with zero attached hydrogens (tertiary/aromatic N) is 2. The van der Waals surface area contributed by atoms with Crippen LogP contribution in [-0.2, 0) is 11.3 Å². The summed E-state index contributed by atoms with van der Waals surface area (Å²) >= 11 is 0. The third-order valence-corrected chi connectivity index (χ3v) is 3.99. The van der Waals surface area contributed by atoms with Crippen LogP contribution in [0, 0.1) is 5.92 Å². The van der Waals surface area contributed by atoms with Crippen molar-refractivity contribution >= 4 is 23.3 Å². The molecule has 0 bridgehead atoms. The van der Waals surface area contributed by atoms with Crippen molar-refractivity contribution in [1.29, 1.82) is 0 Å². The van der Waals surface area contributed by atoms with E-state index < -0.39 is 0 Å². The van der Waals surface area contributed by atoms with Crippen molar-refractivity contribution in [2.45, 2.75) is 60.0 Å². The van der Waals surface area contributed by atoms with Gasteiger partial charge in [0.15, 0.2) is 0 Å². The monoisotopic (exact) mass is 376 g/mol. The first-order chi connectivity index (χ1) is 12.6. The number of benzene rings is 1. The summed E-state index contributed by atoms with van der Waals surface area (Å²) in [6.45, 7) is 11.2. The summed E-state index contributed by atoms with van der Waals surface area (Å²) in [6, 6.07) is 5.90. The zero-order valence-electron chi connectivity index (χ0n) is 17.9. The van der Waals surface area contributed by atoms with E-state index >= 15 is 0 Å². The fraction of sp³-hybridized carbons (Fsp3) is 0.619. The average Bonchev–Trinajstić information content (AvgIpc) is 2.52. The summed E-state index contributed by atoms with van der Waals surface area (Å²) in [7, 11) is 3.96. The van der Waals surface area contributed by atoms with Gasteiger partial charge >= 0.3 is 6.03 Å². The van der Waals surface area contributed by atoms with Crippen LogP contribution in [0.5, 0.6) is 0 Å². The molecule has 0 heterocycles. The van der Waals surface area contributed by atoms with Crippen molar-refractivity contribution in [2.75, 3.05) is 30.9 Å². The zero-order valence-corrected chi connectivity index (χ0v) is 17.9. The molecule has 0 spiro atoms. The molecule has 0 aliphatic heterocycles. The molecule has 0 atom stereocenters. The van der Waals surface area contributed by atoms with Crippen LogP contribution in [-0.4, -0.2) is 43.5 Å². The summed E-state index contributed by atoms with van der Waals surface area (Å²) < 4.78 is 0. The van der Waals surface area contributed by atoms with Gasteiger partial charge in [-0.2, -0.15) is 0 Å². The summed E-state index contributed by atoms with van der Waals surface area (Å²) in [5.74, 6) is 0.321. The van der Waals surface area contributed by atoms with Crippen LogP contribution >= 0.6 is 0 Å². The molecule has 0 radical (unpaired) electrons. The zero-order chi connectivity index (χ0) is 20.6. The van der Waals surface area contributed by atoms with Crippen LogP contribution in [0.1, 0.15) is 53.0 Å². The highest BCUT2D eigenvalue weighted by Gasteiger charge is 2.17. The molecule has 0 unspecified atom stereocenters. The second-order valence-corrected chi connectivity index (χ2v) is 7.91. The van der Waals surface area contributed by atoms with Crippen LogP contribution in [0.2, 0.25) is 0 Å². The average molecular weight is 377 g/mol. The Kier molecular flexibility index (Phi) is 9.12. The highest BCUT2D eigenvalue weighted by atomic mass is 16.2. The largest absolute Gasteiger partial charge is 0.377 e. The Morgan fingerprint density at radius 1 is 1.11 bits per heavy atom. The lowest BCUT2D eigenvalue weighted by Gasteiger charge is -2.27. The van der Waals surface area contributed by atoms with Crippen LogP contribution in [0.15, 0.2) is 18.2 Å². The topological polar surface area (TPSA) is 64.7 Å². The number of rotatable bonds is 9. The van der Waals surface area contributed by atoms with Gasteiger partial charge in [0.2, 0.25) is 5.91 Å². The van der Waals surface area contributed by atoms with Gasteiger partial charge in [-0.15, -0.1) is 0 Å². The van der Waals surface area contributed by atoms with Crippen molar-refractivity contribution in [3.63, 3.8) is 0 Å². The molecular formula is C21H36N4O2. The van der Waals surface area contributed by atoms with E-state index in [0.29, 0.717) is 25.4 Å². The van der Waals surface area contributed by atoms with E-state index in [9.17, 15) is 9.59 Å². The first-order valence-electron chi connectivity index (χ1n) is 9.79. The highest BCUT2D eigenvalue weighted by Crippen LogP contribution is 2.25. The molecule has 6 nitrogen and oxygen atoms in total. The normalized spacial score (nSPS) is 10.9. The van der Waals surface area contributed by atoms with Crippen molar-refractivity contribution in [3.05, 3.63) is 23.8 Å². The first-order valence-corrected chi connectivity index (χ1v) is 9.79. The van der Waals surface area contributed by atoms with Crippen LogP contribution < -0.4 is 15.5 Å². The lowest BCUT2D eigenvalue weighted by Crippen LogP contribution is -2.43. The van der Waals surface area contributed by atoms with E-state index in [1.54, 1.807) is 0 Å². The lowest BCUT2D eigenvalue weighted by molar-refractivity contribution is -0.116. The molecule has 0 aromatic heterocycles. The number of carbonyl (C=O) groups excluding carboxylic acids is 2. The van der Waals surface area contributed by atoms with Gasteiger partial charge in [0.1, 0.15) is 0 Å². The smallest absolute Gasteiger partial charge is 0.317 e. The minimum absolute atomic E-state index is 0.0107. The second kappa shape index (κ2) is 10.8. The minimum Gasteiger partial charge on any atom is -0.377 e. The summed E-state index contributed by atoms with van der Waals surface area (Å²) in [6.07, 6.45) is 1.37. The number of anilines is 2. The van der Waals surface area contributed by atoms with Gasteiger partial charge in [0.05, 0.1) is 0 Å². The summed E-state index contributed by atoms with van der Waals surface area (Å²) in [4.78, 5) is 28.5. The quantitative estimate of drug-likeness (QED) is 0.683. The standard InChI is InChI=1S/C21H36N4O2/c1-8-11-25(21(27)22-16(4)5)14-17-13-18(9-10-19(17)24(6)7)23-20(26)12-15(2)3/h9-10,13,15-16H,8,11-12,14H2,1-7H3,(H,22,27)(H,23,26). The number of carbonyl (C=O) groups is 2. The number of hydrogen-bond donors (Lipinski definition) is 2. The molecular weight excluding hydrogens is 340 g/mol. The fourth-order valence-electron chi connectivity index (χ4n) is 2.88. The SMILES string of the molecule is CCCN(Cc1cc(NC(=O)CC(C)C)ccc1N(C)C)C(=O)NC(C)C. The Morgan fingerprint density at radius 3 is 2.30 bits per heavy atom. The van der Waals surface area contributed by atoms with E-state index in [1.807, 2.05) is 69.8 Å². The Morgan fingerprint density at radius 2 is 1.78 bits per heavy atom. The van der Waals surface area contributed by atoms with E-state index in [-0.39, 0.29) is 18.0 Å². The Hall–Kier alpha value is -2.24. The van der Waals surface area contributed by atoms with Gasteiger partial charge in [0, 0.05) is 51.0 Å². The summed E-state index contributed by atoms with van der Waals surface area (Å²) in [5, 5.41) is 5.94. The number of nitrogens with one attached hydrogen (secondary N) is 2. The predicted molar refractivity (Wildman–Crippen MR) is 113 cm³/mol. The third-order valence-electron chi connectivity index (χ3n) is 3.99. The Bertz CT molecular complexity index is 627. The van der Waals surface area contributed by atoms with Gasteiger partial charge in [-0.05, 0) is 49.9 Å². The van der Waals surface area contributed by atoms with Crippen LogP contribution in [0.4, 0.5) is 16.2 Å². The number of urea groups is 1. The molecule has 6 heteroatoms. The molecule has 1 aromatic rings. The Labute approximate surface area is 164 Å². The molecule has 2 N–H and O–H groups in total. The lowest BCUT2D eigenvalue weighted by atomic mass is 10.1. The van der Waals surface area contributed by atoms with E-state index in [0.717, 1.165) is 23.4 Å². The maximum atomic E-state index is 12.5. The highest BCUT2D eigenvalue weighted by molar-refractivity contribution is 5.91. The Balaban J connectivity index is 3.07. The van der Waals surface area contributed by atoms with Crippen molar-refractivity contribution in [1.82, 2.24) is 10.2 Å². The number of amides is 3. The van der Waals surface area contributed by atoms with Crippen LogP contribution in [0.3, 0.4) is 0 Å². The molecule has 0 aliphatic carbocycles. The molecule has 1 rings (SSSR count). The van der Waals surface area contributed by atoms with E-state index in [1.165, 1.54) is 0 Å². The molecule has 1 aromatic carbocycles. The van der Waals surface area contributed by atoms with Gasteiger partial charge in [-0.1, -0.05) is 20.8 Å². The first kappa shape index (κ1) is 22.8. The maximum absolute atomic E-state index is 12.5. The summed E-state index contributed by atoms with van der Waals surface area (Å²) in [5.41, 5.74) is 2.81. The molecule has 3 amide bonds. The third kappa shape index (κ3) is 7.89. The van der Waals surface area contributed by atoms with E-state index in [2.05, 4.69) is 17.6 Å². The minimum atomic E-state index is -0.0641. The van der Waals surface area contributed by atoms with Gasteiger partial charge in [0.25, 0.3) is 0 Å². The van der Waals surface area contributed by atoms with Crippen molar-refractivity contribution < 1.29 is 9.59 Å². The predicted octanol–water partition coefficient (Wildman–Crippen LogP) is 4.07. The molecule has 0 saturated heterocycles. The second-order valence-electron chi connectivity index (χ2n) is 7.91. The van der Waals surface area contributed by atoms with Gasteiger partial charge in [-0.3, -0.25) is 4.79 Å². The van der Waals surface area contributed by atoms with Crippen molar-refractivity contribution in [3.8, 4) is 0 Å². The molecule has 0 saturated carbocycles. The van der Waals surface area contributed by atoms with Gasteiger partial charge < -0.3 is 20.4 Å². The fourth-order valence-corrected chi connectivity index (χ4v) is 2.88. The number of hydrogen-bond acceptors (Lipinski definition) is 3. The molecule has 27 heavy (non-hydrogen) atoms. The van der Waals surface area contributed by atoms with Crippen LogP contribution in [0.25, 0.3) is 0 Å². The van der Waals surface area contributed by atoms with Crippen molar-refractivity contribution in [2.24, 2.45) is 5.92 Å². The maximum Gasteiger partial charge on any atom is 0.317 e. The molecule has 152 valence electrons. The molecule has 0 fully saturated rings.